The van der Waals surface area contributed by atoms with Crippen LogP contribution in [0.3, 0.4) is 0 Å². The van der Waals surface area contributed by atoms with E-state index in [1.165, 1.54) is 52.0 Å². The number of hydrogen-bond donors (Lipinski definition) is 0. The molecule has 0 aromatic rings. The Kier molecular flexibility index (Phi) is 7.22. The van der Waals surface area contributed by atoms with Crippen LogP contribution in [0.2, 0.25) is 0 Å². The summed E-state index contributed by atoms with van der Waals surface area (Å²) in [4.78, 5) is 30.9. The van der Waals surface area contributed by atoms with Crippen molar-refractivity contribution in [3.63, 3.8) is 0 Å². The number of carbonyl (C=O) groups is 1. The summed E-state index contributed by atoms with van der Waals surface area (Å²) < 4.78 is 32.2. The van der Waals surface area contributed by atoms with Crippen molar-refractivity contribution < 1.29 is 52.8 Å². The Balaban J connectivity index is 1.86. The first-order valence-electron chi connectivity index (χ1n) is 8.81. The Labute approximate surface area is 174 Å². The van der Waals surface area contributed by atoms with Gasteiger partial charge in [-0.15, -0.1) is 0 Å². The second-order valence-corrected chi connectivity index (χ2v) is 6.88. The first-order chi connectivity index (χ1) is 13.9. The zero-order valence-electron chi connectivity index (χ0n) is 17.3. The molecule has 2 aliphatic heterocycles. The van der Waals surface area contributed by atoms with E-state index >= 15 is 0 Å². The normalized spacial score (nSPS) is 20.9. The van der Waals surface area contributed by atoms with E-state index in [9.17, 15) is 4.79 Å². The van der Waals surface area contributed by atoms with Gasteiger partial charge in [0.05, 0.1) is 0 Å². The smallest absolute Gasteiger partial charge is 0.402 e. The Morgan fingerprint density at radius 3 is 1.33 bits per heavy atom. The van der Waals surface area contributed by atoms with Crippen LogP contribution in [-0.4, -0.2) is 42.3 Å². The molecule has 0 bridgehead atoms. The quantitative estimate of drug-likeness (QED) is 0.133. The van der Waals surface area contributed by atoms with Crippen molar-refractivity contribution in [3.8, 4) is 0 Å². The molecule has 0 aromatic heterocycles. The van der Waals surface area contributed by atoms with Crippen molar-refractivity contribution in [2.75, 3.05) is 0 Å². The third-order valence-electron chi connectivity index (χ3n) is 3.40. The van der Waals surface area contributed by atoms with E-state index in [1.54, 1.807) is 0 Å². The highest BCUT2D eigenvalue weighted by Gasteiger charge is 2.51. The lowest BCUT2D eigenvalue weighted by Gasteiger charge is -2.32. The summed E-state index contributed by atoms with van der Waals surface area (Å²) in [6.07, 6.45) is 1.98. The lowest BCUT2D eigenvalue weighted by Crippen LogP contribution is -2.42. The SMILES string of the molecule is C=CC(OC(C)(C)OC(=O)OC(C)(C)OC(C=C)OC1(C=C)OO1)OC1(C=C)OO1. The second-order valence-electron chi connectivity index (χ2n) is 6.88. The summed E-state index contributed by atoms with van der Waals surface area (Å²) in [6.45, 7) is 20.0. The summed E-state index contributed by atoms with van der Waals surface area (Å²) in [7, 11) is 0. The highest BCUT2D eigenvalue weighted by atomic mass is 17.5. The molecule has 2 unspecified atom stereocenters. The van der Waals surface area contributed by atoms with Crippen LogP contribution in [0.4, 0.5) is 4.79 Å². The van der Waals surface area contributed by atoms with Gasteiger partial charge in [0.1, 0.15) is 0 Å². The van der Waals surface area contributed by atoms with E-state index < -0.39 is 42.3 Å². The molecule has 2 aliphatic rings. The Hall–Kier alpha value is -2.09. The summed E-state index contributed by atoms with van der Waals surface area (Å²) in [6, 6.07) is 0. The molecule has 2 saturated heterocycles. The first kappa shape index (κ1) is 24.2. The average molecular weight is 430 g/mol. The third kappa shape index (κ3) is 7.00. The van der Waals surface area contributed by atoms with Gasteiger partial charge in [-0.1, -0.05) is 26.3 Å². The van der Waals surface area contributed by atoms with Gasteiger partial charge in [0.2, 0.25) is 11.6 Å². The van der Waals surface area contributed by atoms with Gasteiger partial charge in [-0.05, 0) is 12.2 Å². The lowest BCUT2D eigenvalue weighted by molar-refractivity contribution is -0.305. The molecule has 2 atom stereocenters. The second kappa shape index (κ2) is 8.96. The first-order valence-corrected chi connectivity index (χ1v) is 8.81. The van der Waals surface area contributed by atoms with Gasteiger partial charge < -0.3 is 18.9 Å². The number of carbonyl (C=O) groups excluding carboxylic acids is 1. The van der Waals surface area contributed by atoms with Crippen LogP contribution in [0.5, 0.6) is 0 Å². The van der Waals surface area contributed by atoms with Crippen molar-refractivity contribution in [1.82, 2.24) is 0 Å². The summed E-state index contributed by atoms with van der Waals surface area (Å²) in [5.74, 6) is -5.83. The van der Waals surface area contributed by atoms with E-state index in [2.05, 4.69) is 45.9 Å². The van der Waals surface area contributed by atoms with E-state index in [0.29, 0.717) is 0 Å². The van der Waals surface area contributed by atoms with Crippen LogP contribution in [-0.2, 0) is 48.0 Å². The minimum atomic E-state index is -1.49. The molecule has 2 rings (SSSR count). The third-order valence-corrected chi connectivity index (χ3v) is 3.40. The van der Waals surface area contributed by atoms with Crippen molar-refractivity contribution in [3.05, 3.63) is 50.6 Å². The minimum absolute atomic E-state index is 1.05. The van der Waals surface area contributed by atoms with Gasteiger partial charge in [0.25, 0.3) is 0 Å². The van der Waals surface area contributed by atoms with Gasteiger partial charge in [0.15, 0.2) is 12.6 Å². The van der Waals surface area contributed by atoms with Gasteiger partial charge in [0, 0.05) is 39.8 Å². The lowest BCUT2D eigenvalue weighted by atomic mass is 10.3. The molecule has 0 aromatic carbocycles. The number of hydrogen-bond acceptors (Lipinski definition) is 11. The zero-order chi connectivity index (χ0) is 22.6. The summed E-state index contributed by atoms with van der Waals surface area (Å²) in [5, 5.41) is 0. The molecule has 2 fully saturated rings. The van der Waals surface area contributed by atoms with Crippen molar-refractivity contribution in [2.45, 2.75) is 63.8 Å². The maximum absolute atomic E-state index is 12.3. The van der Waals surface area contributed by atoms with Crippen LogP contribution >= 0.6 is 0 Å². The minimum Gasteiger partial charge on any atom is -0.402 e. The molecule has 2 heterocycles. The van der Waals surface area contributed by atoms with Gasteiger partial charge in [-0.2, -0.15) is 19.6 Å². The predicted octanol–water partition coefficient (Wildman–Crippen LogP) is 3.31. The molecular weight excluding hydrogens is 404 g/mol. The van der Waals surface area contributed by atoms with E-state index in [-0.39, 0.29) is 0 Å². The maximum atomic E-state index is 12.3. The van der Waals surface area contributed by atoms with Gasteiger partial charge in [-0.25, -0.2) is 4.79 Å². The predicted molar refractivity (Wildman–Crippen MR) is 98.2 cm³/mol. The Morgan fingerprint density at radius 2 is 1.10 bits per heavy atom. The standard InChI is InChI=1S/C19H26O11/c1-9-13(23-18(11-3)27-28-18)21-16(5,6)25-15(20)26-17(7,8)22-14(10-2)24-19(12-4)29-30-19/h9-14H,1-4H2,5-8H3. The average Bonchev–Trinajstić information content (AvgIpc) is 3.56. The van der Waals surface area contributed by atoms with Crippen molar-refractivity contribution in [1.29, 1.82) is 0 Å². The molecule has 11 heteroatoms. The molecule has 0 aliphatic carbocycles. The van der Waals surface area contributed by atoms with Gasteiger partial charge in [-0.3, -0.25) is 9.47 Å². The van der Waals surface area contributed by atoms with Crippen LogP contribution in [0.1, 0.15) is 27.7 Å². The van der Waals surface area contributed by atoms with Crippen LogP contribution in [0.25, 0.3) is 0 Å². The summed E-state index contributed by atoms with van der Waals surface area (Å²) >= 11 is 0. The number of ether oxygens (including phenoxy) is 6. The molecule has 0 saturated carbocycles. The van der Waals surface area contributed by atoms with Gasteiger partial charge >= 0.3 is 18.1 Å². The molecule has 0 amide bonds. The Bertz CT molecular complexity index is 620. The van der Waals surface area contributed by atoms with Crippen molar-refractivity contribution >= 4 is 6.16 Å². The highest BCUT2D eigenvalue weighted by Crippen LogP contribution is 2.36. The monoisotopic (exact) mass is 430 g/mol. The number of rotatable bonds is 14. The Morgan fingerprint density at radius 1 is 0.767 bits per heavy atom. The largest absolute Gasteiger partial charge is 0.513 e. The maximum Gasteiger partial charge on any atom is 0.513 e. The van der Waals surface area contributed by atoms with E-state index in [1.807, 2.05) is 0 Å². The van der Waals surface area contributed by atoms with Crippen LogP contribution in [0, 0.1) is 0 Å². The summed E-state index contributed by atoms with van der Waals surface area (Å²) in [5.41, 5.74) is 0. The topological polar surface area (TPSA) is 123 Å². The molecule has 0 N–H and O–H groups in total. The van der Waals surface area contributed by atoms with Crippen LogP contribution in [0.15, 0.2) is 50.6 Å². The molecular formula is C19H26O11. The highest BCUT2D eigenvalue weighted by molar-refractivity contribution is 5.60. The molecule has 11 nitrogen and oxygen atoms in total. The molecule has 0 radical (unpaired) electrons. The van der Waals surface area contributed by atoms with E-state index in [4.69, 9.17) is 28.4 Å². The molecule has 30 heavy (non-hydrogen) atoms. The fourth-order valence-corrected chi connectivity index (χ4v) is 1.99. The zero-order valence-corrected chi connectivity index (χ0v) is 17.3. The van der Waals surface area contributed by atoms with Crippen LogP contribution < -0.4 is 0 Å². The molecule has 0 spiro atoms. The fraction of sp³-hybridized carbons (Fsp3) is 0.526. The van der Waals surface area contributed by atoms with Crippen molar-refractivity contribution in [2.24, 2.45) is 0 Å². The van der Waals surface area contributed by atoms with E-state index in [0.717, 1.165) is 0 Å². The molecule has 168 valence electrons. The fourth-order valence-electron chi connectivity index (χ4n) is 1.99.